The molecule has 3 aromatic carbocycles. The molecule has 0 spiro atoms. The Balaban J connectivity index is 1.30. The Morgan fingerprint density at radius 2 is 1.71 bits per heavy atom. The van der Waals surface area contributed by atoms with Crippen LogP contribution in [0.2, 0.25) is 0 Å². The quantitative estimate of drug-likeness (QED) is 0.242. The van der Waals surface area contributed by atoms with E-state index in [1.54, 1.807) is 16.3 Å². The van der Waals surface area contributed by atoms with Gasteiger partial charge in [0.2, 0.25) is 0 Å². The highest BCUT2D eigenvalue weighted by molar-refractivity contribution is 7.99. The number of hydrogen-bond donors (Lipinski definition) is 1. The second-order valence-corrected chi connectivity index (χ2v) is 8.99. The molecule has 172 valence electrons. The molecule has 2 aromatic heterocycles. The van der Waals surface area contributed by atoms with Gasteiger partial charge in [-0.3, -0.25) is 9.13 Å². The minimum absolute atomic E-state index is 0.0747. The highest BCUT2D eigenvalue weighted by Crippen LogP contribution is 2.24. The number of thioether (sulfide) groups is 1. The van der Waals surface area contributed by atoms with E-state index < -0.39 is 0 Å². The third-order valence-electron chi connectivity index (χ3n) is 5.60. The Morgan fingerprint density at radius 1 is 0.941 bits per heavy atom. The Morgan fingerprint density at radius 3 is 2.56 bits per heavy atom. The van der Waals surface area contributed by atoms with E-state index in [1.807, 2.05) is 90.4 Å². The van der Waals surface area contributed by atoms with E-state index in [9.17, 15) is 4.79 Å². The SMILES string of the molecule is Cc1ccccc1OCc1nnc(SCCCn2c(=O)[nH]c3ccccc32)n1-c1ccccc1. The number of nitrogens with one attached hydrogen (secondary N) is 1. The fourth-order valence-corrected chi connectivity index (χ4v) is 4.79. The third-order valence-corrected chi connectivity index (χ3v) is 6.62. The van der Waals surface area contributed by atoms with Gasteiger partial charge >= 0.3 is 5.69 Å². The third kappa shape index (κ3) is 4.63. The summed E-state index contributed by atoms with van der Waals surface area (Å²) in [4.78, 5) is 15.2. The maximum Gasteiger partial charge on any atom is 0.326 e. The fraction of sp³-hybridized carbons (Fsp3) is 0.192. The summed E-state index contributed by atoms with van der Waals surface area (Å²) >= 11 is 1.63. The van der Waals surface area contributed by atoms with Gasteiger partial charge in [-0.2, -0.15) is 0 Å². The van der Waals surface area contributed by atoms with E-state index in [2.05, 4.69) is 15.2 Å². The smallest absolute Gasteiger partial charge is 0.326 e. The van der Waals surface area contributed by atoms with Gasteiger partial charge in [0.1, 0.15) is 12.4 Å². The number of benzene rings is 3. The Hall–Kier alpha value is -3.78. The van der Waals surface area contributed by atoms with Crippen molar-refractivity contribution in [3.8, 4) is 11.4 Å². The van der Waals surface area contributed by atoms with Gasteiger partial charge in [0.25, 0.3) is 0 Å². The van der Waals surface area contributed by atoms with Gasteiger partial charge in [0.15, 0.2) is 11.0 Å². The van der Waals surface area contributed by atoms with Crippen LogP contribution in [0.15, 0.2) is 88.8 Å². The van der Waals surface area contributed by atoms with Gasteiger partial charge in [-0.05, 0) is 49.2 Å². The first kappa shape index (κ1) is 22.0. The van der Waals surface area contributed by atoms with Crippen molar-refractivity contribution in [3.05, 3.63) is 101 Å². The topological polar surface area (TPSA) is 77.7 Å². The minimum atomic E-state index is -0.0747. The van der Waals surface area contributed by atoms with E-state index in [0.29, 0.717) is 13.2 Å². The van der Waals surface area contributed by atoms with Crippen LogP contribution in [0, 0.1) is 6.92 Å². The maximum absolute atomic E-state index is 12.3. The van der Waals surface area contributed by atoms with Crippen LogP contribution < -0.4 is 10.4 Å². The first-order valence-electron chi connectivity index (χ1n) is 11.2. The van der Waals surface area contributed by atoms with E-state index in [-0.39, 0.29) is 5.69 Å². The standard InChI is InChI=1S/C26H25N5O2S/c1-19-10-5-8-15-23(19)33-18-24-28-29-26(31(24)20-11-3-2-4-12-20)34-17-9-16-30-22-14-7-6-13-21(22)27-25(30)32/h2-8,10-15H,9,16-18H2,1H3,(H,27,32). The zero-order chi connectivity index (χ0) is 23.3. The molecule has 0 amide bonds. The second kappa shape index (κ2) is 10.0. The lowest BCUT2D eigenvalue weighted by atomic mass is 10.2. The van der Waals surface area contributed by atoms with Crippen LogP contribution >= 0.6 is 11.8 Å². The molecule has 34 heavy (non-hydrogen) atoms. The molecule has 1 N–H and O–H groups in total. The summed E-state index contributed by atoms with van der Waals surface area (Å²) < 4.78 is 9.89. The van der Waals surface area contributed by atoms with Crippen LogP contribution in [0.3, 0.4) is 0 Å². The zero-order valence-corrected chi connectivity index (χ0v) is 19.7. The number of aromatic amines is 1. The number of imidazole rings is 1. The molecule has 0 unspecified atom stereocenters. The van der Waals surface area contributed by atoms with E-state index >= 15 is 0 Å². The normalized spacial score (nSPS) is 11.2. The highest BCUT2D eigenvalue weighted by atomic mass is 32.2. The average Bonchev–Trinajstić information content (AvgIpc) is 3.41. The van der Waals surface area contributed by atoms with Crippen LogP contribution in [0.25, 0.3) is 16.7 Å². The number of para-hydroxylation sites is 4. The molecule has 0 fully saturated rings. The zero-order valence-electron chi connectivity index (χ0n) is 18.8. The molecular weight excluding hydrogens is 446 g/mol. The summed E-state index contributed by atoms with van der Waals surface area (Å²) in [7, 11) is 0. The van der Waals surface area contributed by atoms with Crippen molar-refractivity contribution in [1.82, 2.24) is 24.3 Å². The Kier molecular flexibility index (Phi) is 6.49. The van der Waals surface area contributed by atoms with Crippen molar-refractivity contribution in [2.45, 2.75) is 31.7 Å². The largest absolute Gasteiger partial charge is 0.485 e. The molecule has 8 heteroatoms. The van der Waals surface area contributed by atoms with Crippen LogP contribution in [-0.4, -0.2) is 30.1 Å². The molecule has 0 saturated carbocycles. The molecule has 0 radical (unpaired) electrons. The van der Waals surface area contributed by atoms with E-state index in [0.717, 1.165) is 51.2 Å². The predicted octanol–water partition coefficient (Wildman–Crippen LogP) is 4.98. The van der Waals surface area contributed by atoms with Crippen LogP contribution in [0.5, 0.6) is 5.75 Å². The molecule has 5 rings (SSSR count). The van der Waals surface area contributed by atoms with Gasteiger partial charge in [0, 0.05) is 18.0 Å². The molecule has 0 atom stereocenters. The second-order valence-electron chi connectivity index (χ2n) is 7.92. The van der Waals surface area contributed by atoms with Crippen molar-refractivity contribution >= 4 is 22.8 Å². The molecule has 0 saturated heterocycles. The van der Waals surface area contributed by atoms with Crippen LogP contribution in [0.4, 0.5) is 0 Å². The molecule has 0 aliphatic rings. The molecule has 5 aromatic rings. The fourth-order valence-electron chi connectivity index (χ4n) is 3.90. The van der Waals surface area contributed by atoms with Gasteiger partial charge in [-0.15, -0.1) is 10.2 Å². The summed E-state index contributed by atoms with van der Waals surface area (Å²) in [6.07, 6.45) is 0.823. The number of nitrogens with zero attached hydrogens (tertiary/aromatic N) is 4. The maximum atomic E-state index is 12.3. The van der Waals surface area contributed by atoms with E-state index in [1.165, 1.54) is 0 Å². The van der Waals surface area contributed by atoms with Crippen molar-refractivity contribution in [2.75, 3.05) is 5.75 Å². The lowest BCUT2D eigenvalue weighted by Crippen LogP contribution is -2.17. The molecule has 7 nitrogen and oxygen atoms in total. The summed E-state index contributed by atoms with van der Waals surface area (Å²) in [5.74, 6) is 2.38. The van der Waals surface area contributed by atoms with E-state index in [4.69, 9.17) is 4.74 Å². The number of fused-ring (bicyclic) bond motifs is 1. The number of ether oxygens (including phenoxy) is 1. The Bertz CT molecular complexity index is 1460. The predicted molar refractivity (Wildman–Crippen MR) is 135 cm³/mol. The molecule has 0 bridgehead atoms. The monoisotopic (exact) mass is 471 g/mol. The lowest BCUT2D eigenvalue weighted by molar-refractivity contribution is 0.291. The number of aryl methyl sites for hydroxylation is 2. The summed E-state index contributed by atoms with van der Waals surface area (Å²) in [6, 6.07) is 25.8. The highest BCUT2D eigenvalue weighted by Gasteiger charge is 2.15. The van der Waals surface area contributed by atoms with Crippen LogP contribution in [0.1, 0.15) is 17.8 Å². The lowest BCUT2D eigenvalue weighted by Gasteiger charge is -2.12. The summed E-state index contributed by atoms with van der Waals surface area (Å²) in [5.41, 5.74) is 3.79. The van der Waals surface area contributed by atoms with Gasteiger partial charge < -0.3 is 9.72 Å². The van der Waals surface area contributed by atoms with Gasteiger partial charge in [-0.25, -0.2) is 4.79 Å². The molecule has 2 heterocycles. The van der Waals surface area contributed by atoms with Crippen molar-refractivity contribution in [2.24, 2.45) is 0 Å². The average molecular weight is 472 g/mol. The summed E-state index contributed by atoms with van der Waals surface area (Å²) in [6.45, 7) is 2.98. The summed E-state index contributed by atoms with van der Waals surface area (Å²) in [5, 5.41) is 9.68. The van der Waals surface area contributed by atoms with Crippen LogP contribution in [-0.2, 0) is 13.2 Å². The molecule has 0 aliphatic carbocycles. The van der Waals surface area contributed by atoms with Crippen molar-refractivity contribution in [3.63, 3.8) is 0 Å². The molecular formula is C26H25N5O2S. The van der Waals surface area contributed by atoms with Crippen molar-refractivity contribution in [1.29, 1.82) is 0 Å². The number of aromatic nitrogens is 5. The number of rotatable bonds is 9. The molecule has 0 aliphatic heterocycles. The number of H-pyrrole nitrogens is 1. The van der Waals surface area contributed by atoms with Crippen molar-refractivity contribution < 1.29 is 4.74 Å². The minimum Gasteiger partial charge on any atom is -0.485 e. The Labute approximate surface area is 201 Å². The van der Waals surface area contributed by atoms with Gasteiger partial charge in [0.05, 0.1) is 11.0 Å². The number of hydrogen-bond acceptors (Lipinski definition) is 5. The van der Waals surface area contributed by atoms with Gasteiger partial charge in [-0.1, -0.05) is 60.3 Å². The first-order valence-corrected chi connectivity index (χ1v) is 12.2. The first-order chi connectivity index (χ1) is 16.7.